The molecular weight excluding hydrogens is 268 g/mol. The number of furan rings is 1. The van der Waals surface area contributed by atoms with E-state index in [0.717, 1.165) is 0 Å². The molecule has 5 nitrogen and oxygen atoms in total. The predicted molar refractivity (Wildman–Crippen MR) is 68.0 cm³/mol. The molecule has 0 aliphatic heterocycles. The van der Waals surface area contributed by atoms with Crippen molar-refractivity contribution in [2.45, 2.75) is 10.6 Å². The average Bonchev–Trinajstić information content (AvgIpc) is 2.85. The molecule has 0 saturated heterocycles. The molecule has 2 aromatic rings. The van der Waals surface area contributed by atoms with Crippen molar-refractivity contribution < 1.29 is 22.4 Å². The van der Waals surface area contributed by atoms with E-state index < -0.39 is 9.84 Å². The maximum absolute atomic E-state index is 12.3. The summed E-state index contributed by atoms with van der Waals surface area (Å²) in [7, 11) is -2.18. The van der Waals surface area contributed by atoms with Crippen LogP contribution in [0.5, 0.6) is 5.75 Å². The number of carbonyl (C=O) groups excluding carboxylic acids is 1. The van der Waals surface area contributed by atoms with Gasteiger partial charge in [-0.05, 0) is 24.3 Å². The molecule has 0 bridgehead atoms. The Bertz CT molecular complexity index is 685. The Morgan fingerprint density at radius 3 is 2.58 bits per heavy atom. The zero-order valence-corrected chi connectivity index (χ0v) is 11.0. The van der Waals surface area contributed by atoms with E-state index in [9.17, 15) is 13.2 Å². The van der Waals surface area contributed by atoms with Crippen molar-refractivity contribution in [2.24, 2.45) is 0 Å². The molecule has 0 saturated carbocycles. The number of ether oxygens (including phenoxy) is 1. The van der Waals surface area contributed by atoms with Crippen molar-refractivity contribution in [3.8, 4) is 5.75 Å². The number of hydrogen-bond donors (Lipinski definition) is 0. The maximum atomic E-state index is 12.3. The summed E-state index contributed by atoms with van der Waals surface area (Å²) in [6.45, 7) is 0. The van der Waals surface area contributed by atoms with Gasteiger partial charge in [0.25, 0.3) is 0 Å². The van der Waals surface area contributed by atoms with Crippen LogP contribution < -0.4 is 4.74 Å². The summed E-state index contributed by atoms with van der Waals surface area (Å²) in [5.74, 6) is 0.282. The number of aldehydes is 1. The van der Waals surface area contributed by atoms with E-state index in [-0.39, 0.29) is 27.9 Å². The molecule has 0 spiro atoms. The molecule has 0 fully saturated rings. The van der Waals surface area contributed by atoms with Gasteiger partial charge in [-0.2, -0.15) is 0 Å². The van der Waals surface area contributed by atoms with Gasteiger partial charge in [-0.25, -0.2) is 8.42 Å². The van der Waals surface area contributed by atoms with Crippen LogP contribution in [0.25, 0.3) is 0 Å². The minimum absolute atomic E-state index is 0.0987. The smallest absolute Gasteiger partial charge is 0.189 e. The van der Waals surface area contributed by atoms with Crippen LogP contribution in [-0.2, 0) is 15.6 Å². The van der Waals surface area contributed by atoms with Crippen LogP contribution in [0.3, 0.4) is 0 Å². The van der Waals surface area contributed by atoms with E-state index in [0.29, 0.717) is 6.29 Å². The highest BCUT2D eigenvalue weighted by molar-refractivity contribution is 7.90. The van der Waals surface area contributed by atoms with Gasteiger partial charge in [0, 0.05) is 0 Å². The van der Waals surface area contributed by atoms with Crippen molar-refractivity contribution >= 4 is 16.1 Å². The molecular formula is C13H12O5S. The van der Waals surface area contributed by atoms with Gasteiger partial charge in [0.2, 0.25) is 0 Å². The third-order valence-electron chi connectivity index (χ3n) is 2.54. The number of sulfone groups is 1. The summed E-state index contributed by atoms with van der Waals surface area (Å²) in [6, 6.07) is 9.25. The van der Waals surface area contributed by atoms with Crippen LogP contribution in [0.15, 0.2) is 45.7 Å². The van der Waals surface area contributed by atoms with Crippen LogP contribution in [0.4, 0.5) is 0 Å². The Balaban J connectivity index is 2.34. The Hall–Kier alpha value is -2.08. The Labute approximate surface area is 110 Å². The molecule has 0 atom stereocenters. The number of carbonyl (C=O) groups is 1. The molecule has 2 rings (SSSR count). The zero-order chi connectivity index (χ0) is 13.9. The fraction of sp³-hybridized carbons (Fsp3) is 0.154. The van der Waals surface area contributed by atoms with Gasteiger partial charge < -0.3 is 9.15 Å². The second-order valence-electron chi connectivity index (χ2n) is 3.83. The molecule has 6 heteroatoms. The number of hydrogen-bond acceptors (Lipinski definition) is 5. The molecule has 19 heavy (non-hydrogen) atoms. The quantitative estimate of drug-likeness (QED) is 0.784. The second-order valence-corrected chi connectivity index (χ2v) is 5.79. The number of para-hydroxylation sites is 1. The lowest BCUT2D eigenvalue weighted by atomic mass is 10.3. The van der Waals surface area contributed by atoms with Crippen LogP contribution >= 0.6 is 0 Å². The first-order chi connectivity index (χ1) is 9.06. The molecule has 1 heterocycles. The number of methoxy groups -OCH3 is 1. The minimum Gasteiger partial charge on any atom is -0.495 e. The summed E-state index contributed by atoms with van der Waals surface area (Å²) in [4.78, 5) is 10.6. The summed E-state index contributed by atoms with van der Waals surface area (Å²) < 4.78 is 34.6. The van der Waals surface area contributed by atoms with Gasteiger partial charge in [0.15, 0.2) is 21.9 Å². The molecule has 0 aliphatic carbocycles. The zero-order valence-electron chi connectivity index (χ0n) is 10.2. The monoisotopic (exact) mass is 280 g/mol. The fourth-order valence-corrected chi connectivity index (χ4v) is 3.11. The molecule has 0 radical (unpaired) electrons. The van der Waals surface area contributed by atoms with Crippen molar-refractivity contribution in [2.75, 3.05) is 7.11 Å². The summed E-state index contributed by atoms with van der Waals surface area (Å²) in [6.07, 6.45) is 0.527. The van der Waals surface area contributed by atoms with Gasteiger partial charge in [-0.1, -0.05) is 12.1 Å². The Morgan fingerprint density at radius 2 is 1.95 bits per heavy atom. The van der Waals surface area contributed by atoms with Crippen LogP contribution in [0.1, 0.15) is 16.3 Å². The SMILES string of the molecule is COc1ccccc1S(=O)(=O)Cc1ccc(C=O)o1. The highest BCUT2D eigenvalue weighted by atomic mass is 32.2. The topological polar surface area (TPSA) is 73.6 Å². The first kappa shape index (κ1) is 13.4. The van der Waals surface area contributed by atoms with Crippen molar-refractivity contribution in [1.82, 2.24) is 0 Å². The fourth-order valence-electron chi connectivity index (χ4n) is 1.68. The van der Waals surface area contributed by atoms with E-state index in [1.807, 2.05) is 0 Å². The van der Waals surface area contributed by atoms with Gasteiger partial charge >= 0.3 is 0 Å². The average molecular weight is 280 g/mol. The highest BCUT2D eigenvalue weighted by Gasteiger charge is 2.21. The van der Waals surface area contributed by atoms with E-state index >= 15 is 0 Å². The van der Waals surface area contributed by atoms with Crippen molar-refractivity contribution in [3.63, 3.8) is 0 Å². The Morgan fingerprint density at radius 1 is 1.21 bits per heavy atom. The van der Waals surface area contributed by atoms with Gasteiger partial charge in [0.1, 0.15) is 22.2 Å². The van der Waals surface area contributed by atoms with E-state index in [2.05, 4.69) is 0 Å². The van der Waals surface area contributed by atoms with E-state index in [4.69, 9.17) is 9.15 Å². The predicted octanol–water partition coefficient (Wildman–Crippen LogP) is 2.07. The number of rotatable bonds is 5. The molecule has 0 unspecified atom stereocenters. The third-order valence-corrected chi connectivity index (χ3v) is 4.21. The van der Waals surface area contributed by atoms with E-state index in [1.165, 1.54) is 25.3 Å². The minimum atomic E-state index is -3.59. The lowest BCUT2D eigenvalue weighted by Gasteiger charge is -2.07. The number of benzene rings is 1. The normalized spacial score (nSPS) is 11.2. The summed E-state index contributed by atoms with van der Waals surface area (Å²) in [5, 5.41) is 0. The molecule has 1 aromatic carbocycles. The van der Waals surface area contributed by atoms with Crippen LogP contribution in [0, 0.1) is 0 Å². The third kappa shape index (κ3) is 2.85. The molecule has 0 amide bonds. The first-order valence-corrected chi connectivity index (χ1v) is 7.11. The maximum Gasteiger partial charge on any atom is 0.189 e. The lowest BCUT2D eigenvalue weighted by molar-refractivity contribution is 0.109. The van der Waals surface area contributed by atoms with Crippen molar-refractivity contribution in [3.05, 3.63) is 47.9 Å². The van der Waals surface area contributed by atoms with Gasteiger partial charge in [-0.3, -0.25) is 4.79 Å². The van der Waals surface area contributed by atoms with Crippen molar-refractivity contribution in [1.29, 1.82) is 0 Å². The van der Waals surface area contributed by atoms with Crippen LogP contribution in [0.2, 0.25) is 0 Å². The molecule has 0 N–H and O–H groups in total. The molecule has 1 aromatic heterocycles. The summed E-state index contributed by atoms with van der Waals surface area (Å²) in [5.41, 5.74) is 0. The largest absolute Gasteiger partial charge is 0.495 e. The van der Waals surface area contributed by atoms with Crippen LogP contribution in [-0.4, -0.2) is 21.8 Å². The molecule has 100 valence electrons. The Kier molecular flexibility index (Phi) is 3.71. The lowest BCUT2D eigenvalue weighted by Crippen LogP contribution is -2.06. The molecule has 0 aliphatic rings. The van der Waals surface area contributed by atoms with Gasteiger partial charge in [0.05, 0.1) is 7.11 Å². The first-order valence-electron chi connectivity index (χ1n) is 5.46. The standard InChI is InChI=1S/C13H12O5S/c1-17-12-4-2-3-5-13(12)19(15,16)9-11-7-6-10(8-14)18-11/h2-8H,9H2,1H3. The van der Waals surface area contributed by atoms with E-state index in [1.54, 1.807) is 18.2 Å². The highest BCUT2D eigenvalue weighted by Crippen LogP contribution is 2.26. The summed E-state index contributed by atoms with van der Waals surface area (Å²) >= 11 is 0. The van der Waals surface area contributed by atoms with Gasteiger partial charge in [-0.15, -0.1) is 0 Å². The second kappa shape index (κ2) is 5.27.